The summed E-state index contributed by atoms with van der Waals surface area (Å²) in [6.45, 7) is 1.68. The molecule has 0 aliphatic carbocycles. The Morgan fingerprint density at radius 1 is 1.06 bits per heavy atom. The van der Waals surface area contributed by atoms with Crippen molar-refractivity contribution >= 4 is 23.2 Å². The summed E-state index contributed by atoms with van der Waals surface area (Å²) in [5, 5.41) is 0.546. The molecule has 2 aromatic rings. The molecule has 93 valence electrons. The molecule has 0 saturated heterocycles. The first-order valence-corrected chi connectivity index (χ1v) is 5.99. The Morgan fingerprint density at radius 3 is 2.39 bits per heavy atom. The zero-order chi connectivity index (χ0) is 13.3. The highest BCUT2D eigenvalue weighted by atomic mass is 35.5. The Bertz CT molecular complexity index is 542. The fourth-order valence-corrected chi connectivity index (χ4v) is 2.30. The molecule has 0 fully saturated rings. The zero-order valence-corrected chi connectivity index (χ0v) is 11.0. The van der Waals surface area contributed by atoms with Gasteiger partial charge in [0, 0.05) is 21.5 Å². The molecule has 0 heterocycles. The Kier molecular flexibility index (Phi) is 3.88. The van der Waals surface area contributed by atoms with Crippen LogP contribution in [0.4, 0.5) is 8.78 Å². The first-order chi connectivity index (χ1) is 8.49. The van der Waals surface area contributed by atoms with Crippen LogP contribution in [0, 0.1) is 17.6 Å². The third-order valence-electron chi connectivity index (χ3n) is 2.63. The molecule has 0 aliphatic heterocycles. The van der Waals surface area contributed by atoms with Gasteiger partial charge in [-0.1, -0.05) is 36.2 Å². The predicted molar refractivity (Wildman–Crippen MR) is 69.9 cm³/mol. The van der Waals surface area contributed by atoms with E-state index in [-0.39, 0.29) is 15.6 Å². The van der Waals surface area contributed by atoms with Crippen LogP contribution < -0.4 is 0 Å². The van der Waals surface area contributed by atoms with Gasteiger partial charge in [-0.2, -0.15) is 0 Å². The van der Waals surface area contributed by atoms with E-state index in [1.807, 2.05) is 0 Å². The Balaban J connectivity index is 2.51. The van der Waals surface area contributed by atoms with Crippen LogP contribution in [0.5, 0.6) is 0 Å². The molecule has 0 nitrogen and oxygen atoms in total. The van der Waals surface area contributed by atoms with Gasteiger partial charge in [-0.25, -0.2) is 8.78 Å². The summed E-state index contributed by atoms with van der Waals surface area (Å²) < 4.78 is 27.0. The Labute approximate surface area is 114 Å². The largest absolute Gasteiger partial charge is 0.207 e. The number of rotatable bonds is 2. The van der Waals surface area contributed by atoms with Crippen LogP contribution in [-0.4, -0.2) is 0 Å². The lowest BCUT2D eigenvalue weighted by Crippen LogP contribution is -2.02. The van der Waals surface area contributed by atoms with Crippen molar-refractivity contribution in [3.8, 4) is 0 Å². The lowest BCUT2D eigenvalue weighted by molar-refractivity contribution is 0.614. The summed E-state index contributed by atoms with van der Waals surface area (Å²) in [6, 6.07) is 8.48. The van der Waals surface area contributed by atoms with Crippen LogP contribution in [0.25, 0.3) is 0 Å². The molecule has 0 spiro atoms. The molecular formula is C14H9Cl2F2. The van der Waals surface area contributed by atoms with Gasteiger partial charge in [-0.15, -0.1) is 0 Å². The van der Waals surface area contributed by atoms with Gasteiger partial charge in [0.2, 0.25) is 0 Å². The summed E-state index contributed by atoms with van der Waals surface area (Å²) >= 11 is 11.7. The van der Waals surface area contributed by atoms with E-state index in [9.17, 15) is 8.78 Å². The maximum Gasteiger partial charge on any atom is 0.128 e. The number of halogens is 4. The highest BCUT2D eigenvalue weighted by Crippen LogP contribution is 2.32. The standard InChI is InChI=1S/C14H9Cl2F2/c1-8(9-5-10(15)7-11(17)6-9)14-12(16)3-2-4-13(14)18/h2-7H,1H3. The fraction of sp³-hybridized carbons (Fsp3) is 0.0714. The third kappa shape index (κ3) is 2.65. The quantitative estimate of drug-likeness (QED) is 0.706. The van der Waals surface area contributed by atoms with E-state index in [2.05, 4.69) is 0 Å². The zero-order valence-electron chi connectivity index (χ0n) is 9.48. The number of benzene rings is 2. The van der Waals surface area contributed by atoms with E-state index in [0.717, 1.165) is 0 Å². The van der Waals surface area contributed by atoms with Crippen LogP contribution in [-0.2, 0) is 0 Å². The molecule has 0 N–H and O–H groups in total. The van der Waals surface area contributed by atoms with Crippen LogP contribution in [0.2, 0.25) is 10.0 Å². The van der Waals surface area contributed by atoms with Gasteiger partial charge in [0.15, 0.2) is 0 Å². The fourth-order valence-electron chi connectivity index (χ4n) is 1.77. The average molecular weight is 286 g/mol. The minimum absolute atomic E-state index is 0.261. The maximum absolute atomic E-state index is 13.8. The maximum atomic E-state index is 13.8. The minimum atomic E-state index is -0.468. The van der Waals surface area contributed by atoms with E-state index in [4.69, 9.17) is 23.2 Å². The summed E-state index contributed by atoms with van der Waals surface area (Å²) in [4.78, 5) is 0. The molecule has 0 atom stereocenters. The van der Waals surface area contributed by atoms with Crippen molar-refractivity contribution in [1.29, 1.82) is 0 Å². The molecule has 2 aromatic carbocycles. The third-order valence-corrected chi connectivity index (χ3v) is 3.17. The topological polar surface area (TPSA) is 0 Å². The first-order valence-electron chi connectivity index (χ1n) is 5.23. The lowest BCUT2D eigenvalue weighted by atomic mass is 9.92. The van der Waals surface area contributed by atoms with Crippen molar-refractivity contribution < 1.29 is 8.78 Å². The van der Waals surface area contributed by atoms with Crippen LogP contribution >= 0.6 is 23.2 Å². The van der Waals surface area contributed by atoms with E-state index in [1.165, 1.54) is 24.3 Å². The molecule has 0 amide bonds. The average Bonchev–Trinajstić information content (AvgIpc) is 2.27. The van der Waals surface area contributed by atoms with Gasteiger partial charge in [-0.05, 0) is 35.9 Å². The molecule has 0 aromatic heterocycles. The number of hydrogen-bond donors (Lipinski definition) is 0. The van der Waals surface area contributed by atoms with E-state index >= 15 is 0 Å². The van der Waals surface area contributed by atoms with Crippen molar-refractivity contribution in [1.82, 2.24) is 0 Å². The van der Waals surface area contributed by atoms with Crippen molar-refractivity contribution in [2.24, 2.45) is 0 Å². The second-order valence-corrected chi connectivity index (χ2v) is 4.72. The van der Waals surface area contributed by atoms with Gasteiger partial charge in [0.25, 0.3) is 0 Å². The molecule has 2 rings (SSSR count). The van der Waals surface area contributed by atoms with Gasteiger partial charge in [0.05, 0.1) is 0 Å². The van der Waals surface area contributed by atoms with Crippen molar-refractivity contribution in [3.05, 3.63) is 75.1 Å². The summed E-state index contributed by atoms with van der Waals surface area (Å²) in [5.74, 6) is -0.371. The SMILES string of the molecule is C[C](c1cc(F)cc(Cl)c1)c1c(F)cccc1Cl. The van der Waals surface area contributed by atoms with Crippen LogP contribution in [0.15, 0.2) is 36.4 Å². The molecule has 1 radical (unpaired) electrons. The van der Waals surface area contributed by atoms with Crippen molar-refractivity contribution in [2.75, 3.05) is 0 Å². The molecular weight excluding hydrogens is 277 g/mol. The van der Waals surface area contributed by atoms with Gasteiger partial charge >= 0.3 is 0 Å². The predicted octanol–water partition coefficient (Wildman–Crippen LogP) is 5.26. The summed E-state index contributed by atoms with van der Waals surface area (Å²) in [7, 11) is 0. The monoisotopic (exact) mass is 285 g/mol. The first kappa shape index (κ1) is 13.3. The number of hydrogen-bond acceptors (Lipinski definition) is 0. The smallest absolute Gasteiger partial charge is 0.128 e. The lowest BCUT2D eigenvalue weighted by Gasteiger charge is -2.14. The highest BCUT2D eigenvalue weighted by Gasteiger charge is 2.18. The summed E-state index contributed by atoms with van der Waals surface area (Å²) in [6.07, 6.45) is 0. The molecule has 0 unspecified atom stereocenters. The Morgan fingerprint density at radius 2 is 1.78 bits per heavy atom. The molecule has 0 aliphatic rings. The molecule has 0 bridgehead atoms. The van der Waals surface area contributed by atoms with Gasteiger partial charge in [-0.3, -0.25) is 0 Å². The summed E-state index contributed by atoms with van der Waals surface area (Å²) in [5.41, 5.74) is 0.771. The van der Waals surface area contributed by atoms with Gasteiger partial charge in [0.1, 0.15) is 11.6 Å². The van der Waals surface area contributed by atoms with E-state index in [1.54, 1.807) is 19.1 Å². The second kappa shape index (κ2) is 5.25. The Hall–Kier alpha value is -1.12. The molecule has 4 heteroatoms. The van der Waals surface area contributed by atoms with Crippen LogP contribution in [0.1, 0.15) is 18.1 Å². The van der Waals surface area contributed by atoms with E-state index < -0.39 is 11.6 Å². The molecule has 18 heavy (non-hydrogen) atoms. The van der Waals surface area contributed by atoms with Crippen molar-refractivity contribution in [3.63, 3.8) is 0 Å². The van der Waals surface area contributed by atoms with E-state index in [0.29, 0.717) is 11.5 Å². The van der Waals surface area contributed by atoms with Crippen LogP contribution in [0.3, 0.4) is 0 Å². The van der Waals surface area contributed by atoms with Gasteiger partial charge < -0.3 is 0 Å². The van der Waals surface area contributed by atoms with Crippen molar-refractivity contribution in [2.45, 2.75) is 6.92 Å². The highest BCUT2D eigenvalue weighted by molar-refractivity contribution is 6.32. The second-order valence-electron chi connectivity index (χ2n) is 3.88. The minimum Gasteiger partial charge on any atom is -0.207 e. The normalized spacial score (nSPS) is 11.0. The molecule has 0 saturated carbocycles.